The summed E-state index contributed by atoms with van der Waals surface area (Å²) >= 11 is 0. The van der Waals surface area contributed by atoms with Crippen LogP contribution in [-0.2, 0) is 12.7 Å². The first-order valence-corrected chi connectivity index (χ1v) is 12.4. The molecule has 2 aromatic carbocycles. The maximum atomic E-state index is 12.9. The number of anilines is 1. The first-order chi connectivity index (χ1) is 18.2. The Morgan fingerprint density at radius 2 is 1.74 bits per heavy atom. The Labute approximate surface area is 216 Å². The summed E-state index contributed by atoms with van der Waals surface area (Å²) in [5, 5.41) is 10.9. The van der Waals surface area contributed by atoms with E-state index >= 15 is 0 Å². The molecule has 0 spiro atoms. The van der Waals surface area contributed by atoms with Crippen molar-refractivity contribution in [2.75, 3.05) is 31.2 Å². The number of aryl methyl sites for hydroxylation is 1. The number of imidazole rings is 1. The van der Waals surface area contributed by atoms with Crippen LogP contribution in [0.15, 0.2) is 54.7 Å². The van der Waals surface area contributed by atoms with Gasteiger partial charge >= 0.3 is 18.0 Å². The van der Waals surface area contributed by atoms with Crippen LogP contribution in [0.25, 0.3) is 0 Å². The minimum atomic E-state index is -4.38. The molecule has 0 N–H and O–H groups in total. The maximum Gasteiger partial charge on any atom is 0.416 e. The molecular weight excluding hydrogens is 505 g/mol. The summed E-state index contributed by atoms with van der Waals surface area (Å²) in [4.78, 5) is 16.5. The van der Waals surface area contributed by atoms with Crippen molar-refractivity contribution in [1.82, 2.24) is 9.55 Å². The molecule has 0 saturated carbocycles. The molecule has 1 atom stereocenters. The topological polar surface area (TPSA) is 91.9 Å². The summed E-state index contributed by atoms with van der Waals surface area (Å²) in [6.45, 7) is 2.91. The number of piperidine rings is 1. The average molecular weight is 533 g/mol. The normalized spacial score (nSPS) is 18.0. The number of aromatic nitrogens is 2. The molecule has 0 aliphatic carbocycles. The lowest BCUT2D eigenvalue weighted by molar-refractivity contribution is -0.389. The van der Waals surface area contributed by atoms with Crippen LogP contribution in [-0.4, -0.2) is 46.9 Å². The van der Waals surface area contributed by atoms with Gasteiger partial charge in [-0.05, 0) is 66.1 Å². The lowest BCUT2D eigenvalue weighted by Gasteiger charge is -2.33. The zero-order valence-electron chi connectivity index (χ0n) is 20.5. The van der Waals surface area contributed by atoms with Crippen molar-refractivity contribution in [2.24, 2.45) is 5.92 Å². The molecule has 38 heavy (non-hydrogen) atoms. The molecule has 0 radical (unpaired) electrons. The number of rotatable bonds is 8. The van der Waals surface area contributed by atoms with Crippen molar-refractivity contribution < 1.29 is 32.3 Å². The van der Waals surface area contributed by atoms with Crippen LogP contribution >= 0.6 is 0 Å². The lowest BCUT2D eigenvalue weighted by atomic mass is 9.97. The highest BCUT2D eigenvalue weighted by Gasteiger charge is 2.31. The van der Waals surface area contributed by atoms with Crippen LogP contribution in [0.4, 0.5) is 24.7 Å². The Kier molecular flexibility index (Phi) is 7.30. The monoisotopic (exact) mass is 532 g/mol. The largest absolute Gasteiger partial charge is 0.493 e. The minimum Gasteiger partial charge on any atom is -0.493 e. The van der Waals surface area contributed by atoms with E-state index in [1.54, 1.807) is 10.6 Å². The lowest BCUT2D eigenvalue weighted by Crippen LogP contribution is -2.35. The first-order valence-electron chi connectivity index (χ1n) is 12.4. The first kappa shape index (κ1) is 25.7. The molecule has 1 fully saturated rings. The number of nitrogens with zero attached hydrogens (tertiary/aromatic N) is 4. The SMILES string of the molecule is O=[N+]([O-])c1cn2c(n1)OC(COc1ccc(N3CCC(COc4cccc(C(F)(F)F)c4)CC3)cc1)CC2. The van der Waals surface area contributed by atoms with Gasteiger partial charge in [0.1, 0.15) is 30.4 Å². The van der Waals surface area contributed by atoms with Gasteiger partial charge in [-0.15, -0.1) is 0 Å². The zero-order valence-corrected chi connectivity index (χ0v) is 20.5. The van der Waals surface area contributed by atoms with Crippen molar-refractivity contribution >= 4 is 11.5 Å². The van der Waals surface area contributed by atoms with Crippen LogP contribution in [0.2, 0.25) is 0 Å². The highest BCUT2D eigenvalue weighted by Crippen LogP contribution is 2.32. The summed E-state index contributed by atoms with van der Waals surface area (Å²) in [5.41, 5.74) is 0.361. The van der Waals surface area contributed by atoms with Crippen LogP contribution < -0.4 is 19.1 Å². The molecule has 5 rings (SSSR count). The molecule has 1 saturated heterocycles. The van der Waals surface area contributed by atoms with Crippen LogP contribution in [0.5, 0.6) is 17.5 Å². The molecule has 2 aliphatic rings. The molecule has 9 nitrogen and oxygen atoms in total. The highest BCUT2D eigenvalue weighted by molar-refractivity contribution is 5.49. The molecule has 3 heterocycles. The Morgan fingerprint density at radius 3 is 2.45 bits per heavy atom. The van der Waals surface area contributed by atoms with E-state index in [4.69, 9.17) is 14.2 Å². The van der Waals surface area contributed by atoms with E-state index in [1.165, 1.54) is 12.3 Å². The Balaban J connectivity index is 1.06. The molecule has 3 aromatic rings. The molecule has 1 aromatic heterocycles. The van der Waals surface area contributed by atoms with E-state index in [9.17, 15) is 23.3 Å². The number of nitro groups is 1. The second-order valence-electron chi connectivity index (χ2n) is 9.43. The Hall–Kier alpha value is -3.96. The van der Waals surface area contributed by atoms with Crippen molar-refractivity contribution in [2.45, 2.75) is 38.1 Å². The Bertz CT molecular complexity index is 1260. The number of ether oxygens (including phenoxy) is 3. The molecular formula is C26H27F3N4O5. The number of halogens is 3. The fourth-order valence-electron chi connectivity index (χ4n) is 4.61. The zero-order chi connectivity index (χ0) is 26.7. The summed E-state index contributed by atoms with van der Waals surface area (Å²) in [7, 11) is 0. The third-order valence-corrected chi connectivity index (χ3v) is 6.78. The van der Waals surface area contributed by atoms with Crippen LogP contribution in [0.3, 0.4) is 0 Å². The van der Waals surface area contributed by atoms with Crippen molar-refractivity contribution in [3.05, 3.63) is 70.4 Å². The molecule has 0 amide bonds. The average Bonchev–Trinajstić information content (AvgIpc) is 3.35. The Morgan fingerprint density at radius 1 is 1.00 bits per heavy atom. The van der Waals surface area contributed by atoms with Gasteiger partial charge in [-0.3, -0.25) is 4.57 Å². The van der Waals surface area contributed by atoms with Gasteiger partial charge in [0.2, 0.25) is 0 Å². The third-order valence-electron chi connectivity index (χ3n) is 6.78. The van der Waals surface area contributed by atoms with Crippen LogP contribution in [0, 0.1) is 16.0 Å². The summed E-state index contributed by atoms with van der Waals surface area (Å²) < 4.78 is 57.6. The van der Waals surface area contributed by atoms with E-state index in [0.29, 0.717) is 31.9 Å². The van der Waals surface area contributed by atoms with Gasteiger partial charge in [0.25, 0.3) is 0 Å². The predicted octanol–water partition coefficient (Wildman–Crippen LogP) is 5.34. The number of hydrogen-bond donors (Lipinski definition) is 0. The van der Waals surface area contributed by atoms with E-state index in [2.05, 4.69) is 9.88 Å². The van der Waals surface area contributed by atoms with Gasteiger partial charge in [-0.1, -0.05) is 6.07 Å². The quantitative estimate of drug-likeness (QED) is 0.286. The van der Waals surface area contributed by atoms with Gasteiger partial charge in [-0.2, -0.15) is 13.2 Å². The smallest absolute Gasteiger partial charge is 0.416 e. The molecule has 0 bridgehead atoms. The van der Waals surface area contributed by atoms with Crippen molar-refractivity contribution in [3.8, 4) is 17.5 Å². The summed E-state index contributed by atoms with van der Waals surface area (Å²) in [5.74, 6) is 0.977. The maximum absolute atomic E-state index is 12.9. The molecule has 2 aliphatic heterocycles. The summed E-state index contributed by atoms with van der Waals surface area (Å²) in [6, 6.07) is 13.0. The van der Waals surface area contributed by atoms with Gasteiger partial charge in [0, 0.05) is 36.7 Å². The summed E-state index contributed by atoms with van der Waals surface area (Å²) in [6.07, 6.45) is -0.845. The minimum absolute atomic E-state index is 0.232. The standard InChI is InChI=1S/C26H27F3N4O5/c27-26(28,29)19-2-1-3-22(14-19)36-16-18-8-11-31(12-9-18)20-4-6-21(7-5-20)37-17-23-10-13-32-15-24(33(34)35)30-25(32)38-23/h1-7,14-15,18,23H,8-13,16-17H2. The fraction of sp³-hybridized carbons (Fsp3) is 0.423. The van der Waals surface area contributed by atoms with E-state index in [-0.39, 0.29) is 29.6 Å². The van der Waals surface area contributed by atoms with Crippen molar-refractivity contribution in [3.63, 3.8) is 0 Å². The third kappa shape index (κ3) is 6.12. The number of alkyl halides is 3. The molecule has 202 valence electrons. The van der Waals surface area contributed by atoms with Gasteiger partial charge in [0.15, 0.2) is 0 Å². The molecule has 1 unspecified atom stereocenters. The fourth-order valence-corrected chi connectivity index (χ4v) is 4.61. The molecule has 12 heteroatoms. The van der Waals surface area contributed by atoms with Crippen molar-refractivity contribution in [1.29, 1.82) is 0 Å². The van der Waals surface area contributed by atoms with Gasteiger partial charge < -0.3 is 29.2 Å². The highest BCUT2D eigenvalue weighted by atomic mass is 19.4. The van der Waals surface area contributed by atoms with E-state index < -0.39 is 16.7 Å². The number of fused-ring (bicyclic) bond motifs is 1. The predicted molar refractivity (Wildman–Crippen MR) is 132 cm³/mol. The van der Waals surface area contributed by atoms with E-state index in [0.717, 1.165) is 43.8 Å². The number of benzene rings is 2. The van der Waals surface area contributed by atoms with Crippen LogP contribution in [0.1, 0.15) is 24.8 Å². The van der Waals surface area contributed by atoms with Gasteiger partial charge in [-0.25, -0.2) is 0 Å². The van der Waals surface area contributed by atoms with Gasteiger partial charge in [0.05, 0.1) is 12.2 Å². The number of hydrogen-bond acceptors (Lipinski definition) is 7. The second-order valence-corrected chi connectivity index (χ2v) is 9.43. The second kappa shape index (κ2) is 10.8. The van der Waals surface area contributed by atoms with E-state index in [1.807, 2.05) is 24.3 Å².